The topological polar surface area (TPSA) is 105 Å². The molecule has 1 aliphatic heterocycles. The molecule has 36 heavy (non-hydrogen) atoms. The van der Waals surface area contributed by atoms with Crippen LogP contribution in [0.1, 0.15) is 49.2 Å². The zero-order valence-corrected chi connectivity index (χ0v) is 21.9. The summed E-state index contributed by atoms with van der Waals surface area (Å²) in [7, 11) is 1.57. The first-order valence-corrected chi connectivity index (χ1v) is 12.4. The summed E-state index contributed by atoms with van der Waals surface area (Å²) in [5.74, 6) is -0.474. The van der Waals surface area contributed by atoms with E-state index in [1.165, 1.54) is 0 Å². The summed E-state index contributed by atoms with van der Waals surface area (Å²) in [6, 6.07) is 13.6. The van der Waals surface area contributed by atoms with E-state index in [-0.39, 0.29) is 24.4 Å². The maximum atomic E-state index is 12.7. The fourth-order valence-electron chi connectivity index (χ4n) is 3.46. The highest BCUT2D eigenvalue weighted by Gasteiger charge is 2.34. The molecule has 4 amide bonds. The van der Waals surface area contributed by atoms with Gasteiger partial charge in [-0.3, -0.25) is 24.1 Å². The van der Waals surface area contributed by atoms with Crippen LogP contribution in [0.15, 0.2) is 53.4 Å². The third-order valence-corrected chi connectivity index (χ3v) is 6.58. The van der Waals surface area contributed by atoms with Crippen molar-refractivity contribution in [3.63, 3.8) is 0 Å². The van der Waals surface area contributed by atoms with Crippen LogP contribution in [-0.4, -0.2) is 54.1 Å². The van der Waals surface area contributed by atoms with Crippen LogP contribution in [0.2, 0.25) is 0 Å². The van der Waals surface area contributed by atoms with Crippen LogP contribution >= 0.6 is 11.8 Å². The molecule has 0 aliphatic carbocycles. The number of benzene rings is 2. The molecule has 1 saturated heterocycles. The molecule has 1 unspecified atom stereocenters. The average molecular weight is 510 g/mol. The molecule has 1 atom stereocenters. The number of ether oxygens (including phenoxy) is 1. The van der Waals surface area contributed by atoms with Gasteiger partial charge in [-0.05, 0) is 65.6 Å². The molecule has 2 N–H and O–H groups in total. The Labute approximate surface area is 215 Å². The van der Waals surface area contributed by atoms with Crippen LogP contribution in [0.5, 0.6) is 5.75 Å². The lowest BCUT2D eigenvalue weighted by atomic mass is 9.86. The summed E-state index contributed by atoms with van der Waals surface area (Å²) < 4.78 is 5.12. The van der Waals surface area contributed by atoms with E-state index in [1.54, 1.807) is 56.5 Å². The van der Waals surface area contributed by atoms with Gasteiger partial charge in [0.05, 0.1) is 12.0 Å². The van der Waals surface area contributed by atoms with Crippen LogP contribution in [0.25, 0.3) is 6.08 Å². The maximum absolute atomic E-state index is 12.7. The molecule has 9 heteroatoms. The molecule has 1 heterocycles. The van der Waals surface area contributed by atoms with Gasteiger partial charge in [-0.25, -0.2) is 0 Å². The number of carbonyl (C=O) groups excluding carboxylic acids is 4. The minimum atomic E-state index is -0.787. The third kappa shape index (κ3) is 6.75. The summed E-state index contributed by atoms with van der Waals surface area (Å²) in [6.45, 7) is 7.96. The highest BCUT2D eigenvalue weighted by atomic mass is 32.2. The van der Waals surface area contributed by atoms with Gasteiger partial charge in [0.2, 0.25) is 5.91 Å². The summed E-state index contributed by atoms with van der Waals surface area (Å²) in [6.07, 6.45) is 1.65. The lowest BCUT2D eigenvalue weighted by molar-refractivity contribution is -0.124. The summed E-state index contributed by atoms with van der Waals surface area (Å²) in [5.41, 5.74) is 2.32. The largest absolute Gasteiger partial charge is 0.497 e. The van der Waals surface area contributed by atoms with Crippen LogP contribution in [0, 0.1) is 0 Å². The Balaban J connectivity index is 1.49. The van der Waals surface area contributed by atoms with Crippen molar-refractivity contribution in [1.29, 1.82) is 0 Å². The lowest BCUT2D eigenvalue weighted by Crippen LogP contribution is -2.47. The Kier molecular flexibility index (Phi) is 8.57. The smallest absolute Gasteiger partial charge is 0.293 e. The molecule has 2 aromatic carbocycles. The Bertz CT molecular complexity index is 1170. The van der Waals surface area contributed by atoms with E-state index in [2.05, 4.69) is 31.4 Å². The number of carbonyl (C=O) groups is 4. The number of thioether (sulfide) groups is 1. The van der Waals surface area contributed by atoms with E-state index in [4.69, 9.17) is 4.74 Å². The normalized spacial score (nSPS) is 15.7. The molecule has 1 aliphatic rings. The van der Waals surface area contributed by atoms with Crippen molar-refractivity contribution in [3.8, 4) is 5.75 Å². The van der Waals surface area contributed by atoms with Gasteiger partial charge in [-0.2, -0.15) is 0 Å². The van der Waals surface area contributed by atoms with E-state index in [0.717, 1.165) is 27.8 Å². The molecule has 2 aromatic rings. The maximum Gasteiger partial charge on any atom is 0.293 e. The molecule has 0 bridgehead atoms. The first-order chi connectivity index (χ1) is 17.0. The monoisotopic (exact) mass is 509 g/mol. The predicted molar refractivity (Wildman–Crippen MR) is 141 cm³/mol. The third-order valence-electron chi connectivity index (χ3n) is 5.68. The summed E-state index contributed by atoms with van der Waals surface area (Å²) in [5, 5.41) is 4.95. The molecule has 0 saturated carbocycles. The first kappa shape index (κ1) is 27.0. The number of imide groups is 1. The molecule has 0 aromatic heterocycles. The van der Waals surface area contributed by atoms with Crippen molar-refractivity contribution >= 4 is 40.8 Å². The van der Waals surface area contributed by atoms with Crippen LogP contribution < -0.4 is 15.4 Å². The van der Waals surface area contributed by atoms with E-state index in [9.17, 15) is 19.2 Å². The van der Waals surface area contributed by atoms with Gasteiger partial charge in [0.1, 0.15) is 11.8 Å². The lowest BCUT2D eigenvalue weighted by Gasteiger charge is -2.19. The van der Waals surface area contributed by atoms with Crippen LogP contribution in [0.3, 0.4) is 0 Å². The first-order valence-electron chi connectivity index (χ1n) is 11.6. The van der Waals surface area contributed by atoms with Crippen molar-refractivity contribution in [3.05, 3.63) is 70.1 Å². The number of rotatable bonds is 8. The average Bonchev–Trinajstić information content (AvgIpc) is 3.11. The van der Waals surface area contributed by atoms with Gasteiger partial charge in [-0.1, -0.05) is 45.0 Å². The van der Waals surface area contributed by atoms with Gasteiger partial charge in [0.15, 0.2) is 0 Å². The Morgan fingerprint density at radius 2 is 1.69 bits per heavy atom. The number of methoxy groups -OCH3 is 1. The second kappa shape index (κ2) is 11.4. The fraction of sp³-hybridized carbons (Fsp3) is 0.333. The Morgan fingerprint density at radius 3 is 2.28 bits per heavy atom. The Morgan fingerprint density at radius 1 is 1.06 bits per heavy atom. The number of hydrogen-bond donors (Lipinski definition) is 2. The van der Waals surface area contributed by atoms with Gasteiger partial charge < -0.3 is 15.4 Å². The molecule has 0 spiro atoms. The molecule has 3 rings (SSSR count). The standard InChI is InChI=1S/C27H31N3O5S/c1-17(29-24(32)19-8-10-20(11-9-19)27(2,3)4)23(31)28-14-15-30-25(33)22(36-26(30)34)16-18-6-12-21(35-5)13-7-18/h6-13,16-17H,14-15H2,1-5H3,(H,28,31)(H,29,32)/b22-16-. The highest BCUT2D eigenvalue weighted by Crippen LogP contribution is 2.32. The van der Waals surface area contributed by atoms with E-state index in [0.29, 0.717) is 16.2 Å². The number of nitrogens with one attached hydrogen (secondary N) is 2. The van der Waals surface area contributed by atoms with Crippen molar-refractivity contribution in [1.82, 2.24) is 15.5 Å². The number of nitrogens with zero attached hydrogens (tertiary/aromatic N) is 1. The molecule has 190 valence electrons. The molecule has 8 nitrogen and oxygen atoms in total. The predicted octanol–water partition coefficient (Wildman–Crippen LogP) is 3.96. The van der Waals surface area contributed by atoms with Crippen LogP contribution in [0.4, 0.5) is 4.79 Å². The van der Waals surface area contributed by atoms with E-state index < -0.39 is 23.1 Å². The second-order valence-electron chi connectivity index (χ2n) is 9.42. The zero-order valence-electron chi connectivity index (χ0n) is 21.1. The molecular weight excluding hydrogens is 478 g/mol. The molecule has 0 radical (unpaired) electrons. The van der Waals surface area contributed by atoms with E-state index >= 15 is 0 Å². The number of hydrogen-bond acceptors (Lipinski definition) is 6. The Hall–Kier alpha value is -3.59. The van der Waals surface area contributed by atoms with Crippen molar-refractivity contribution in [2.75, 3.05) is 20.2 Å². The summed E-state index contributed by atoms with van der Waals surface area (Å²) in [4.78, 5) is 51.4. The van der Waals surface area contributed by atoms with Crippen molar-refractivity contribution in [2.24, 2.45) is 0 Å². The van der Waals surface area contributed by atoms with Crippen molar-refractivity contribution < 1.29 is 23.9 Å². The summed E-state index contributed by atoms with van der Waals surface area (Å²) >= 11 is 0.858. The fourth-order valence-corrected chi connectivity index (χ4v) is 4.32. The van der Waals surface area contributed by atoms with Crippen LogP contribution in [-0.2, 0) is 15.0 Å². The SMILES string of the molecule is COc1ccc(/C=C2\SC(=O)N(CCNC(=O)C(C)NC(=O)c3ccc(C(C)(C)C)cc3)C2=O)cc1. The number of amides is 4. The minimum Gasteiger partial charge on any atom is -0.497 e. The highest BCUT2D eigenvalue weighted by molar-refractivity contribution is 8.18. The minimum absolute atomic E-state index is 0.0228. The molecular formula is C27H31N3O5S. The van der Waals surface area contributed by atoms with E-state index in [1.807, 2.05) is 12.1 Å². The van der Waals surface area contributed by atoms with Gasteiger partial charge in [-0.15, -0.1) is 0 Å². The molecule has 1 fully saturated rings. The van der Waals surface area contributed by atoms with Crippen molar-refractivity contribution in [2.45, 2.75) is 39.2 Å². The van der Waals surface area contributed by atoms with Gasteiger partial charge in [0.25, 0.3) is 17.1 Å². The second-order valence-corrected chi connectivity index (χ2v) is 10.4. The zero-order chi connectivity index (χ0) is 26.5. The van der Waals surface area contributed by atoms with Gasteiger partial charge >= 0.3 is 0 Å². The van der Waals surface area contributed by atoms with Gasteiger partial charge in [0, 0.05) is 18.7 Å². The quantitative estimate of drug-likeness (QED) is 0.522.